The van der Waals surface area contributed by atoms with Crippen molar-refractivity contribution < 1.29 is 14.3 Å². The second-order valence-electron chi connectivity index (χ2n) is 7.16. The van der Waals surface area contributed by atoms with Crippen LogP contribution in [0.15, 0.2) is 70.0 Å². The van der Waals surface area contributed by atoms with Crippen LogP contribution in [0.3, 0.4) is 0 Å². The summed E-state index contributed by atoms with van der Waals surface area (Å²) in [6, 6.07) is 18.3. The highest BCUT2D eigenvalue weighted by molar-refractivity contribution is 9.10. The molecule has 1 aliphatic heterocycles. The predicted molar refractivity (Wildman–Crippen MR) is 148 cm³/mol. The van der Waals surface area contributed by atoms with Crippen LogP contribution in [0.4, 0.5) is 5.69 Å². The second-order valence-corrected chi connectivity index (χ2v) is 10.6. The Labute approximate surface area is 226 Å². The molecule has 3 aromatic carbocycles. The highest BCUT2D eigenvalue weighted by Gasteiger charge is 2.33. The topological polar surface area (TPSA) is 38.8 Å². The van der Waals surface area contributed by atoms with Crippen molar-refractivity contribution in [2.75, 3.05) is 11.5 Å². The van der Waals surface area contributed by atoms with Crippen molar-refractivity contribution in [2.45, 2.75) is 13.5 Å². The van der Waals surface area contributed by atoms with Gasteiger partial charge in [-0.2, -0.15) is 0 Å². The lowest BCUT2D eigenvalue weighted by atomic mass is 10.1. The maximum atomic E-state index is 13.1. The van der Waals surface area contributed by atoms with Gasteiger partial charge in [0.05, 0.1) is 17.2 Å². The van der Waals surface area contributed by atoms with Crippen LogP contribution in [-0.2, 0) is 11.4 Å². The van der Waals surface area contributed by atoms with E-state index in [0.29, 0.717) is 37.4 Å². The number of thioether (sulfide) groups is 1. The van der Waals surface area contributed by atoms with Crippen LogP contribution < -0.4 is 14.4 Å². The van der Waals surface area contributed by atoms with E-state index in [2.05, 4.69) is 15.9 Å². The molecule has 0 spiro atoms. The third-order valence-corrected chi connectivity index (χ3v) is 7.26. The number of ether oxygens (including phenoxy) is 2. The first-order valence-electron chi connectivity index (χ1n) is 10.2. The zero-order valence-electron chi connectivity index (χ0n) is 17.9. The van der Waals surface area contributed by atoms with E-state index in [0.717, 1.165) is 21.3 Å². The minimum atomic E-state index is -0.159. The maximum absolute atomic E-state index is 13.1. The second kappa shape index (κ2) is 11.1. The normalized spacial score (nSPS) is 14.7. The molecule has 34 heavy (non-hydrogen) atoms. The molecule has 0 atom stereocenters. The fourth-order valence-electron chi connectivity index (χ4n) is 3.23. The van der Waals surface area contributed by atoms with Gasteiger partial charge in [0.25, 0.3) is 5.91 Å². The SMILES string of the molecule is CCOc1cc(/C=C2/SC(=S)N(c3ccc(Br)cc3)C2=O)ccc1OCc1ccc(Cl)cc1Cl. The lowest BCUT2D eigenvalue weighted by Crippen LogP contribution is -2.27. The molecular formula is C25H18BrCl2NO3S2. The summed E-state index contributed by atoms with van der Waals surface area (Å²) in [7, 11) is 0. The van der Waals surface area contributed by atoms with Crippen molar-refractivity contribution in [2.24, 2.45) is 0 Å². The maximum Gasteiger partial charge on any atom is 0.270 e. The van der Waals surface area contributed by atoms with Crippen molar-refractivity contribution >= 4 is 85.1 Å². The van der Waals surface area contributed by atoms with Gasteiger partial charge in [-0.25, -0.2) is 0 Å². The average Bonchev–Trinajstić information content (AvgIpc) is 3.08. The fourth-order valence-corrected chi connectivity index (χ4v) is 5.25. The number of carbonyl (C=O) groups is 1. The summed E-state index contributed by atoms with van der Waals surface area (Å²) in [5.41, 5.74) is 2.35. The number of hydrogen-bond donors (Lipinski definition) is 0. The van der Waals surface area contributed by atoms with Gasteiger partial charge in [-0.15, -0.1) is 0 Å². The zero-order chi connectivity index (χ0) is 24.2. The summed E-state index contributed by atoms with van der Waals surface area (Å²) >= 11 is 22.4. The van der Waals surface area contributed by atoms with E-state index in [9.17, 15) is 4.79 Å². The van der Waals surface area contributed by atoms with Gasteiger partial charge in [0, 0.05) is 20.1 Å². The zero-order valence-corrected chi connectivity index (χ0v) is 22.6. The molecule has 4 rings (SSSR count). The van der Waals surface area contributed by atoms with E-state index in [1.807, 2.05) is 55.5 Å². The summed E-state index contributed by atoms with van der Waals surface area (Å²) in [6.07, 6.45) is 1.81. The van der Waals surface area contributed by atoms with Crippen LogP contribution in [-0.4, -0.2) is 16.8 Å². The summed E-state index contributed by atoms with van der Waals surface area (Å²) < 4.78 is 13.2. The van der Waals surface area contributed by atoms with Gasteiger partial charge in [0.15, 0.2) is 15.8 Å². The number of anilines is 1. The number of hydrogen-bond acceptors (Lipinski definition) is 5. The van der Waals surface area contributed by atoms with Crippen LogP contribution in [0.2, 0.25) is 10.0 Å². The van der Waals surface area contributed by atoms with E-state index >= 15 is 0 Å². The summed E-state index contributed by atoms with van der Waals surface area (Å²) in [5, 5.41) is 1.11. The van der Waals surface area contributed by atoms with E-state index in [4.69, 9.17) is 44.9 Å². The van der Waals surface area contributed by atoms with Crippen molar-refractivity contribution in [1.29, 1.82) is 0 Å². The van der Waals surface area contributed by atoms with Crippen molar-refractivity contribution in [3.63, 3.8) is 0 Å². The third-order valence-electron chi connectivity index (χ3n) is 4.84. The Kier molecular flexibility index (Phi) is 8.22. The Hall–Kier alpha value is -2.03. The van der Waals surface area contributed by atoms with Crippen LogP contribution >= 0.6 is 63.1 Å². The molecule has 0 saturated carbocycles. The molecule has 1 heterocycles. The Morgan fingerprint density at radius 3 is 2.50 bits per heavy atom. The van der Waals surface area contributed by atoms with Gasteiger partial charge in [-0.1, -0.05) is 75.2 Å². The Balaban J connectivity index is 1.55. The van der Waals surface area contributed by atoms with E-state index in [-0.39, 0.29) is 12.5 Å². The van der Waals surface area contributed by atoms with E-state index < -0.39 is 0 Å². The third kappa shape index (κ3) is 5.78. The molecule has 1 amide bonds. The molecule has 0 aliphatic carbocycles. The molecule has 0 N–H and O–H groups in total. The molecule has 0 unspecified atom stereocenters. The molecule has 0 aromatic heterocycles. The van der Waals surface area contributed by atoms with Crippen LogP contribution in [0, 0.1) is 0 Å². The van der Waals surface area contributed by atoms with Gasteiger partial charge < -0.3 is 9.47 Å². The largest absolute Gasteiger partial charge is 0.490 e. The van der Waals surface area contributed by atoms with Crippen LogP contribution in [0.25, 0.3) is 6.08 Å². The minimum Gasteiger partial charge on any atom is -0.490 e. The molecular weight excluding hydrogens is 577 g/mol. The van der Waals surface area contributed by atoms with Crippen molar-refractivity contribution in [3.05, 3.63) is 91.2 Å². The van der Waals surface area contributed by atoms with E-state index in [1.165, 1.54) is 16.7 Å². The number of carbonyl (C=O) groups excluding carboxylic acids is 1. The number of nitrogens with zero attached hydrogens (tertiary/aromatic N) is 1. The quantitative estimate of drug-likeness (QED) is 0.204. The van der Waals surface area contributed by atoms with Gasteiger partial charge in [0.1, 0.15) is 6.61 Å². The number of benzene rings is 3. The molecule has 0 bridgehead atoms. The Bertz CT molecular complexity index is 1280. The molecule has 0 radical (unpaired) electrons. The highest BCUT2D eigenvalue weighted by atomic mass is 79.9. The Morgan fingerprint density at radius 2 is 1.79 bits per heavy atom. The van der Waals surface area contributed by atoms with Crippen LogP contribution in [0.5, 0.6) is 11.5 Å². The first-order chi connectivity index (χ1) is 16.4. The standard InChI is InChI=1S/C25H18BrCl2NO3S2/c1-2-31-22-11-15(3-10-21(22)32-14-16-4-7-18(27)13-20(16)28)12-23-24(30)29(25(33)34-23)19-8-5-17(26)6-9-19/h3-13H,2,14H2,1H3/b23-12+. The molecule has 1 saturated heterocycles. The number of rotatable bonds is 7. The molecule has 1 aliphatic rings. The van der Waals surface area contributed by atoms with Gasteiger partial charge in [-0.05, 0) is 67.1 Å². The summed E-state index contributed by atoms with van der Waals surface area (Å²) in [4.78, 5) is 15.1. The monoisotopic (exact) mass is 593 g/mol. The number of amides is 1. The summed E-state index contributed by atoms with van der Waals surface area (Å²) in [6.45, 7) is 2.63. The fraction of sp³-hybridized carbons (Fsp3) is 0.120. The first kappa shape index (κ1) is 25.1. The van der Waals surface area contributed by atoms with Gasteiger partial charge in [0.2, 0.25) is 0 Å². The van der Waals surface area contributed by atoms with Gasteiger partial charge in [-0.3, -0.25) is 9.69 Å². The molecule has 4 nitrogen and oxygen atoms in total. The van der Waals surface area contributed by atoms with Crippen molar-refractivity contribution in [3.8, 4) is 11.5 Å². The molecule has 174 valence electrons. The smallest absolute Gasteiger partial charge is 0.270 e. The highest BCUT2D eigenvalue weighted by Crippen LogP contribution is 2.38. The lowest BCUT2D eigenvalue weighted by molar-refractivity contribution is -0.113. The first-order valence-corrected chi connectivity index (χ1v) is 13.0. The predicted octanol–water partition coefficient (Wildman–Crippen LogP) is 8.14. The molecule has 3 aromatic rings. The number of halogens is 3. The van der Waals surface area contributed by atoms with Gasteiger partial charge >= 0.3 is 0 Å². The average molecular weight is 595 g/mol. The number of thiocarbonyl (C=S) groups is 1. The van der Waals surface area contributed by atoms with Crippen molar-refractivity contribution in [1.82, 2.24) is 0 Å². The van der Waals surface area contributed by atoms with E-state index in [1.54, 1.807) is 18.2 Å². The lowest BCUT2D eigenvalue weighted by Gasteiger charge is -2.14. The summed E-state index contributed by atoms with van der Waals surface area (Å²) in [5.74, 6) is 0.991. The molecule has 9 heteroatoms. The van der Waals surface area contributed by atoms with Crippen LogP contribution in [0.1, 0.15) is 18.1 Å². The molecule has 1 fully saturated rings. The Morgan fingerprint density at radius 1 is 1.03 bits per heavy atom. The minimum absolute atomic E-state index is 0.159.